The number of aryl methyl sites for hydroxylation is 1. The first-order chi connectivity index (χ1) is 17.0. The molecule has 6 rings (SSSR count). The molecule has 1 aromatic carbocycles. The van der Waals surface area contributed by atoms with E-state index >= 15 is 0 Å². The smallest absolute Gasteiger partial charge is 0.317 e. The topological polar surface area (TPSA) is 69.2 Å². The first-order valence-electron chi connectivity index (χ1n) is 13.4. The number of aromatic nitrogens is 2. The number of piperidine rings is 3. The lowest BCUT2D eigenvalue weighted by Crippen LogP contribution is -3.00. The SMILES string of the molecule is Cc1ccc(CC(=O)C[N+]23CCC(CC2)[C@@H](OC(=O)C2(c4ccccc4)CCCCCC2)C3)nn1.[Br-]. The van der Waals surface area contributed by atoms with Gasteiger partial charge in [-0.05, 0) is 37.5 Å². The van der Waals surface area contributed by atoms with Crippen molar-refractivity contribution < 1.29 is 35.8 Å². The predicted molar refractivity (Wildman–Crippen MR) is 134 cm³/mol. The van der Waals surface area contributed by atoms with Gasteiger partial charge in [-0.25, -0.2) is 0 Å². The predicted octanol–water partition coefficient (Wildman–Crippen LogP) is 1.35. The monoisotopic (exact) mass is 555 g/mol. The number of Topliss-reactive ketones (excluding diaryl/α,β-unsaturated/α-hetero) is 1. The average molecular weight is 557 g/mol. The van der Waals surface area contributed by atoms with E-state index in [0.29, 0.717) is 18.9 Å². The fourth-order valence-corrected chi connectivity index (χ4v) is 6.68. The van der Waals surface area contributed by atoms with Gasteiger partial charge in [-0.3, -0.25) is 9.59 Å². The summed E-state index contributed by atoms with van der Waals surface area (Å²) in [5, 5.41) is 8.26. The van der Waals surface area contributed by atoms with Gasteiger partial charge in [0, 0.05) is 18.8 Å². The first kappa shape index (κ1) is 26.9. The fraction of sp³-hybridized carbons (Fsp3) is 0.586. The molecular formula is C29H38BrN3O3. The van der Waals surface area contributed by atoms with Crippen LogP contribution >= 0.6 is 0 Å². The minimum absolute atomic E-state index is 0. The first-order valence-corrected chi connectivity index (χ1v) is 13.4. The van der Waals surface area contributed by atoms with Crippen LogP contribution in [-0.4, -0.2) is 58.7 Å². The van der Waals surface area contributed by atoms with Gasteiger partial charge in [0.2, 0.25) is 0 Å². The highest BCUT2D eigenvalue weighted by Crippen LogP contribution is 2.42. The molecule has 1 aromatic heterocycles. The van der Waals surface area contributed by atoms with Crippen molar-refractivity contribution in [2.24, 2.45) is 5.92 Å². The van der Waals surface area contributed by atoms with Gasteiger partial charge < -0.3 is 26.2 Å². The highest BCUT2D eigenvalue weighted by Gasteiger charge is 2.50. The standard InChI is InChI=1S/C29H38N3O3.BrH/c1-22-11-12-25(31-30-22)19-26(33)20-32-17-13-23(14-18-32)27(21-32)35-28(34)29(15-7-2-3-8-16-29)24-9-5-4-6-10-24;/h4-6,9-12,23,27H,2-3,7-8,13-21H2,1H3;1H/q+1;/p-1/t23?,27-,32?;/m0./s1. The van der Waals surface area contributed by atoms with E-state index in [9.17, 15) is 9.59 Å². The van der Waals surface area contributed by atoms with Gasteiger partial charge >= 0.3 is 5.97 Å². The largest absolute Gasteiger partial charge is 1.00 e. The Morgan fingerprint density at radius 3 is 2.31 bits per heavy atom. The second-order valence-corrected chi connectivity index (χ2v) is 11.2. The van der Waals surface area contributed by atoms with Crippen molar-refractivity contribution in [3.05, 3.63) is 59.4 Å². The van der Waals surface area contributed by atoms with E-state index in [2.05, 4.69) is 22.3 Å². The number of benzene rings is 1. The van der Waals surface area contributed by atoms with E-state index in [-0.39, 0.29) is 34.8 Å². The van der Waals surface area contributed by atoms with Crippen LogP contribution in [0.25, 0.3) is 0 Å². The third-order valence-electron chi connectivity index (χ3n) is 8.72. The second kappa shape index (κ2) is 11.5. The Kier molecular flexibility index (Phi) is 8.61. The summed E-state index contributed by atoms with van der Waals surface area (Å²) in [5.74, 6) is 0.567. The Bertz CT molecular complexity index is 1030. The molecule has 1 aliphatic carbocycles. The molecule has 4 heterocycles. The van der Waals surface area contributed by atoms with E-state index in [1.807, 2.05) is 37.3 Å². The summed E-state index contributed by atoms with van der Waals surface area (Å²) >= 11 is 0. The number of quaternary nitrogens is 1. The molecular weight excluding hydrogens is 518 g/mol. The number of fused-ring (bicyclic) bond motifs is 3. The second-order valence-electron chi connectivity index (χ2n) is 11.2. The van der Waals surface area contributed by atoms with Gasteiger partial charge in [-0.15, -0.1) is 0 Å². The van der Waals surface area contributed by atoms with E-state index in [4.69, 9.17) is 4.74 Å². The summed E-state index contributed by atoms with van der Waals surface area (Å²) in [4.78, 5) is 26.9. The lowest BCUT2D eigenvalue weighted by atomic mass is 9.74. The van der Waals surface area contributed by atoms with Crippen molar-refractivity contribution in [3.8, 4) is 0 Å². The third kappa shape index (κ3) is 5.72. The summed E-state index contributed by atoms with van der Waals surface area (Å²) in [7, 11) is 0. The Balaban J connectivity index is 0.00000304. The fourth-order valence-electron chi connectivity index (χ4n) is 6.68. The molecule has 7 heteroatoms. The molecule has 4 fully saturated rings. The van der Waals surface area contributed by atoms with E-state index in [1.54, 1.807) is 0 Å². The normalized spacial score (nSPS) is 26.9. The summed E-state index contributed by atoms with van der Waals surface area (Å²) in [6.07, 6.45) is 8.49. The molecule has 3 aliphatic heterocycles. The molecule has 2 aromatic rings. The molecule has 1 saturated carbocycles. The van der Waals surface area contributed by atoms with Gasteiger partial charge in [-0.2, -0.15) is 10.2 Å². The number of hydrogen-bond acceptors (Lipinski definition) is 5. The molecule has 4 aliphatic rings. The minimum Gasteiger partial charge on any atom is -1.00 e. The van der Waals surface area contributed by atoms with E-state index < -0.39 is 5.41 Å². The zero-order valence-corrected chi connectivity index (χ0v) is 22.9. The van der Waals surface area contributed by atoms with Gasteiger partial charge in [0.25, 0.3) is 0 Å². The van der Waals surface area contributed by atoms with Crippen LogP contribution in [0.5, 0.6) is 0 Å². The number of carbonyl (C=O) groups excluding carboxylic acids is 2. The number of esters is 1. The van der Waals surface area contributed by atoms with Crippen LogP contribution in [0.3, 0.4) is 0 Å². The number of ether oxygens (including phenoxy) is 1. The zero-order valence-electron chi connectivity index (χ0n) is 21.3. The van der Waals surface area contributed by atoms with Gasteiger partial charge in [-0.1, -0.05) is 56.0 Å². The maximum atomic E-state index is 13.9. The van der Waals surface area contributed by atoms with Crippen molar-refractivity contribution in [3.63, 3.8) is 0 Å². The van der Waals surface area contributed by atoms with Crippen LogP contribution in [-0.2, 0) is 26.2 Å². The Labute approximate surface area is 225 Å². The Hall–Kier alpha value is -2.12. The summed E-state index contributed by atoms with van der Waals surface area (Å²) in [6.45, 7) is 5.13. The van der Waals surface area contributed by atoms with Crippen LogP contribution in [0.2, 0.25) is 0 Å². The highest BCUT2D eigenvalue weighted by atomic mass is 79.9. The molecule has 0 N–H and O–H groups in total. The molecule has 0 radical (unpaired) electrons. The van der Waals surface area contributed by atoms with Crippen molar-refractivity contribution in [2.75, 3.05) is 26.2 Å². The Morgan fingerprint density at radius 1 is 0.972 bits per heavy atom. The highest BCUT2D eigenvalue weighted by molar-refractivity contribution is 5.83. The van der Waals surface area contributed by atoms with Crippen LogP contribution in [0.15, 0.2) is 42.5 Å². The summed E-state index contributed by atoms with van der Waals surface area (Å²) < 4.78 is 7.17. The molecule has 36 heavy (non-hydrogen) atoms. The van der Waals surface area contributed by atoms with Gasteiger partial charge in [0.15, 0.2) is 11.9 Å². The van der Waals surface area contributed by atoms with Crippen LogP contribution in [0, 0.1) is 12.8 Å². The number of carbonyl (C=O) groups is 2. The number of halogens is 1. The molecule has 1 atom stereocenters. The molecule has 0 amide bonds. The zero-order chi connectivity index (χ0) is 24.3. The van der Waals surface area contributed by atoms with Crippen molar-refractivity contribution in [2.45, 2.75) is 76.2 Å². The lowest BCUT2D eigenvalue weighted by molar-refractivity contribution is -0.939. The number of nitrogens with zero attached hydrogens (tertiary/aromatic N) is 3. The molecule has 194 valence electrons. The van der Waals surface area contributed by atoms with Crippen LogP contribution in [0.1, 0.15) is 68.3 Å². The molecule has 0 unspecified atom stereocenters. The lowest BCUT2D eigenvalue weighted by Gasteiger charge is -2.52. The molecule has 6 nitrogen and oxygen atoms in total. The van der Waals surface area contributed by atoms with Gasteiger partial charge in [0.05, 0.1) is 36.3 Å². The van der Waals surface area contributed by atoms with Crippen molar-refractivity contribution >= 4 is 11.8 Å². The quantitative estimate of drug-likeness (QED) is 0.293. The molecule has 0 spiro atoms. The Morgan fingerprint density at radius 2 is 1.67 bits per heavy atom. The number of ketones is 1. The molecule has 2 bridgehead atoms. The van der Waals surface area contributed by atoms with Crippen LogP contribution < -0.4 is 17.0 Å². The average Bonchev–Trinajstić information content (AvgIpc) is 3.14. The van der Waals surface area contributed by atoms with Crippen molar-refractivity contribution in [1.82, 2.24) is 10.2 Å². The summed E-state index contributed by atoms with van der Waals surface area (Å²) in [5.41, 5.74) is 2.15. The number of hydrogen-bond donors (Lipinski definition) is 0. The van der Waals surface area contributed by atoms with Crippen molar-refractivity contribution in [1.29, 1.82) is 0 Å². The minimum atomic E-state index is -0.533. The molecule has 3 saturated heterocycles. The number of rotatable bonds is 7. The van der Waals surface area contributed by atoms with Gasteiger partial charge in [0.1, 0.15) is 13.1 Å². The van der Waals surface area contributed by atoms with E-state index in [0.717, 1.165) is 79.6 Å². The maximum absolute atomic E-state index is 13.9. The van der Waals surface area contributed by atoms with Crippen LogP contribution in [0.4, 0.5) is 0 Å². The third-order valence-corrected chi connectivity index (χ3v) is 8.72. The maximum Gasteiger partial charge on any atom is 0.317 e. The summed E-state index contributed by atoms with van der Waals surface area (Å²) in [6, 6.07) is 14.1. The van der Waals surface area contributed by atoms with E-state index in [1.165, 1.54) is 12.8 Å².